The summed E-state index contributed by atoms with van der Waals surface area (Å²) in [6, 6.07) is 6.82. The monoisotopic (exact) mass is 289 g/mol. The van der Waals surface area contributed by atoms with Gasteiger partial charge in [0.1, 0.15) is 5.01 Å². The van der Waals surface area contributed by atoms with Gasteiger partial charge in [-0.2, -0.15) is 0 Å². The quantitative estimate of drug-likeness (QED) is 0.879. The first kappa shape index (κ1) is 15.0. The van der Waals surface area contributed by atoms with E-state index in [1.54, 1.807) is 11.3 Å². The van der Waals surface area contributed by atoms with Gasteiger partial charge >= 0.3 is 0 Å². The second-order valence-electron chi connectivity index (χ2n) is 5.82. The molecule has 0 spiro atoms. The second kappa shape index (κ2) is 6.35. The van der Waals surface area contributed by atoms with Crippen LogP contribution in [0.25, 0.3) is 0 Å². The van der Waals surface area contributed by atoms with Gasteiger partial charge in [0.2, 0.25) is 5.13 Å². The molecule has 108 valence electrons. The van der Waals surface area contributed by atoms with Crippen molar-refractivity contribution in [3.05, 3.63) is 39.9 Å². The fraction of sp³-hybridized carbons (Fsp3) is 0.500. The highest BCUT2D eigenvalue weighted by atomic mass is 32.1. The molecule has 0 aliphatic heterocycles. The molecule has 1 aromatic carbocycles. The molecule has 0 fully saturated rings. The van der Waals surface area contributed by atoms with Crippen LogP contribution in [0.2, 0.25) is 0 Å². The van der Waals surface area contributed by atoms with Crippen LogP contribution in [0, 0.1) is 19.8 Å². The van der Waals surface area contributed by atoms with Gasteiger partial charge in [-0.3, -0.25) is 0 Å². The van der Waals surface area contributed by atoms with Crippen molar-refractivity contribution >= 4 is 16.5 Å². The van der Waals surface area contributed by atoms with E-state index in [0.29, 0.717) is 5.92 Å². The molecular formula is C16H23N3S. The van der Waals surface area contributed by atoms with Crippen molar-refractivity contribution in [2.24, 2.45) is 5.92 Å². The van der Waals surface area contributed by atoms with Gasteiger partial charge in [0.05, 0.1) is 6.04 Å². The van der Waals surface area contributed by atoms with Crippen LogP contribution in [0.4, 0.5) is 5.13 Å². The zero-order valence-electron chi connectivity index (χ0n) is 12.9. The Kier molecular flexibility index (Phi) is 4.76. The summed E-state index contributed by atoms with van der Waals surface area (Å²) in [6.07, 6.45) is 0.997. The Morgan fingerprint density at radius 1 is 1.15 bits per heavy atom. The highest BCUT2D eigenvalue weighted by Gasteiger charge is 2.12. The normalized spacial score (nSPS) is 12.7. The summed E-state index contributed by atoms with van der Waals surface area (Å²) >= 11 is 1.66. The molecule has 4 heteroatoms. The molecule has 0 saturated heterocycles. The summed E-state index contributed by atoms with van der Waals surface area (Å²) in [5.41, 5.74) is 3.93. The summed E-state index contributed by atoms with van der Waals surface area (Å²) in [5, 5.41) is 14.0. The van der Waals surface area contributed by atoms with Crippen molar-refractivity contribution in [2.75, 3.05) is 5.32 Å². The van der Waals surface area contributed by atoms with Gasteiger partial charge < -0.3 is 5.32 Å². The first-order valence-electron chi connectivity index (χ1n) is 7.11. The molecule has 1 atom stereocenters. The summed E-state index contributed by atoms with van der Waals surface area (Å²) in [4.78, 5) is 0. The molecule has 1 aromatic heterocycles. The maximum absolute atomic E-state index is 4.25. The minimum atomic E-state index is 0.246. The zero-order valence-corrected chi connectivity index (χ0v) is 13.7. The van der Waals surface area contributed by atoms with Crippen molar-refractivity contribution in [3.63, 3.8) is 0 Å². The van der Waals surface area contributed by atoms with Crippen molar-refractivity contribution < 1.29 is 0 Å². The average molecular weight is 289 g/mol. The summed E-state index contributed by atoms with van der Waals surface area (Å²) in [7, 11) is 0. The highest BCUT2D eigenvalue weighted by Crippen LogP contribution is 2.25. The van der Waals surface area contributed by atoms with Crippen molar-refractivity contribution in [3.8, 4) is 0 Å². The van der Waals surface area contributed by atoms with Crippen LogP contribution in [0.3, 0.4) is 0 Å². The number of aromatic nitrogens is 2. The van der Waals surface area contributed by atoms with E-state index >= 15 is 0 Å². The van der Waals surface area contributed by atoms with E-state index in [4.69, 9.17) is 0 Å². The Hall–Kier alpha value is -1.42. The van der Waals surface area contributed by atoms with Gasteiger partial charge in [-0.05, 0) is 37.8 Å². The number of hydrogen-bond acceptors (Lipinski definition) is 4. The van der Waals surface area contributed by atoms with E-state index in [1.165, 1.54) is 16.7 Å². The van der Waals surface area contributed by atoms with Gasteiger partial charge in [-0.1, -0.05) is 48.9 Å². The first-order chi connectivity index (χ1) is 9.45. The molecule has 20 heavy (non-hydrogen) atoms. The summed E-state index contributed by atoms with van der Waals surface area (Å²) in [6.45, 7) is 10.9. The fourth-order valence-corrected chi connectivity index (χ4v) is 3.36. The van der Waals surface area contributed by atoms with E-state index < -0.39 is 0 Å². The van der Waals surface area contributed by atoms with Crippen LogP contribution in [-0.4, -0.2) is 10.2 Å². The molecule has 0 aliphatic rings. The van der Waals surface area contributed by atoms with Gasteiger partial charge in [-0.15, -0.1) is 10.2 Å². The second-order valence-corrected chi connectivity index (χ2v) is 6.89. The summed E-state index contributed by atoms with van der Waals surface area (Å²) in [5.74, 6) is 0.618. The highest BCUT2D eigenvalue weighted by molar-refractivity contribution is 7.15. The number of nitrogens with one attached hydrogen (secondary N) is 1. The molecule has 1 unspecified atom stereocenters. The van der Waals surface area contributed by atoms with Crippen LogP contribution < -0.4 is 5.32 Å². The zero-order chi connectivity index (χ0) is 14.7. The Balaban J connectivity index is 2.07. The Bertz CT molecular complexity index is 575. The molecule has 3 nitrogen and oxygen atoms in total. The van der Waals surface area contributed by atoms with Crippen molar-refractivity contribution in [1.29, 1.82) is 0 Å². The lowest BCUT2D eigenvalue weighted by atomic mass is 10.0. The molecule has 2 rings (SSSR count). The number of aryl methyl sites for hydroxylation is 2. The van der Waals surface area contributed by atoms with Crippen LogP contribution in [0.1, 0.15) is 48.5 Å². The Morgan fingerprint density at radius 2 is 1.90 bits per heavy atom. The van der Waals surface area contributed by atoms with Crippen LogP contribution >= 0.6 is 11.3 Å². The van der Waals surface area contributed by atoms with Crippen molar-refractivity contribution in [2.45, 2.75) is 47.1 Å². The van der Waals surface area contributed by atoms with Crippen molar-refractivity contribution in [1.82, 2.24) is 10.2 Å². The standard InChI is InChI=1S/C16H23N3S/c1-10(2)8-15-18-19-16(20-15)17-13(5)14-7-6-11(3)9-12(14)4/h6-7,9-10,13H,8H2,1-5H3,(H,17,19). The Morgan fingerprint density at radius 3 is 2.55 bits per heavy atom. The lowest BCUT2D eigenvalue weighted by Crippen LogP contribution is -2.08. The maximum Gasteiger partial charge on any atom is 0.206 e. The predicted molar refractivity (Wildman–Crippen MR) is 86.4 cm³/mol. The smallest absolute Gasteiger partial charge is 0.206 e. The average Bonchev–Trinajstić information content (AvgIpc) is 2.75. The van der Waals surface area contributed by atoms with E-state index in [0.717, 1.165) is 16.6 Å². The number of nitrogens with zero attached hydrogens (tertiary/aromatic N) is 2. The molecular weight excluding hydrogens is 266 g/mol. The van der Waals surface area contributed by atoms with Gasteiger partial charge in [0.25, 0.3) is 0 Å². The number of hydrogen-bond donors (Lipinski definition) is 1. The van der Waals surface area contributed by atoms with Crippen LogP contribution in [0.5, 0.6) is 0 Å². The molecule has 1 heterocycles. The van der Waals surface area contributed by atoms with Crippen LogP contribution in [-0.2, 0) is 6.42 Å². The number of anilines is 1. The third-order valence-electron chi connectivity index (χ3n) is 3.28. The molecule has 2 aromatic rings. The van der Waals surface area contributed by atoms with Gasteiger partial charge in [-0.25, -0.2) is 0 Å². The first-order valence-corrected chi connectivity index (χ1v) is 7.93. The van der Waals surface area contributed by atoms with E-state index in [2.05, 4.69) is 68.3 Å². The Labute approximate surface area is 125 Å². The lowest BCUT2D eigenvalue weighted by Gasteiger charge is -2.16. The van der Waals surface area contributed by atoms with Gasteiger partial charge in [0, 0.05) is 6.42 Å². The van der Waals surface area contributed by atoms with E-state index in [9.17, 15) is 0 Å². The van der Waals surface area contributed by atoms with Gasteiger partial charge in [0.15, 0.2) is 0 Å². The third kappa shape index (κ3) is 3.79. The topological polar surface area (TPSA) is 37.8 Å². The molecule has 0 saturated carbocycles. The van der Waals surface area contributed by atoms with E-state index in [1.807, 2.05) is 0 Å². The predicted octanol–water partition coefficient (Wildman–Crippen LogP) is 4.53. The van der Waals surface area contributed by atoms with E-state index in [-0.39, 0.29) is 6.04 Å². The molecule has 1 N–H and O–H groups in total. The molecule has 0 amide bonds. The minimum Gasteiger partial charge on any atom is -0.354 e. The number of benzene rings is 1. The fourth-order valence-electron chi connectivity index (χ4n) is 2.32. The lowest BCUT2D eigenvalue weighted by molar-refractivity contribution is 0.640. The summed E-state index contributed by atoms with van der Waals surface area (Å²) < 4.78 is 0. The largest absolute Gasteiger partial charge is 0.354 e. The molecule has 0 aliphatic carbocycles. The minimum absolute atomic E-state index is 0.246. The number of rotatable bonds is 5. The maximum atomic E-state index is 4.25. The SMILES string of the molecule is Cc1ccc(C(C)Nc2nnc(CC(C)C)s2)c(C)c1. The van der Waals surface area contributed by atoms with Crippen LogP contribution in [0.15, 0.2) is 18.2 Å². The third-order valence-corrected chi connectivity index (χ3v) is 4.16. The molecule has 0 bridgehead atoms. The molecule has 0 radical (unpaired) electrons.